The van der Waals surface area contributed by atoms with Gasteiger partial charge in [0.05, 0.1) is 11.8 Å². The fourth-order valence-electron chi connectivity index (χ4n) is 1.20. The molecule has 0 amide bonds. The van der Waals surface area contributed by atoms with E-state index < -0.39 is 0 Å². The molecule has 2 N–H and O–H groups in total. The predicted octanol–water partition coefficient (Wildman–Crippen LogP) is 0.864. The highest BCUT2D eigenvalue weighted by molar-refractivity contribution is 5.56. The first kappa shape index (κ1) is 10.5. The summed E-state index contributed by atoms with van der Waals surface area (Å²) in [7, 11) is 0. The van der Waals surface area contributed by atoms with Crippen LogP contribution in [0.15, 0.2) is 24.5 Å². The summed E-state index contributed by atoms with van der Waals surface area (Å²) < 4.78 is 0. The summed E-state index contributed by atoms with van der Waals surface area (Å²) in [5.74, 6) is 0.439. The Morgan fingerprint density at radius 1 is 1.06 bits per heavy atom. The average molecular weight is 222 g/mol. The van der Waals surface area contributed by atoms with Gasteiger partial charge in [0.25, 0.3) is 0 Å². The number of nitrogen functional groups attached to an aromatic ring is 1. The van der Waals surface area contributed by atoms with Crippen molar-refractivity contribution in [3.8, 4) is 23.7 Å². The van der Waals surface area contributed by atoms with Crippen LogP contribution in [0.1, 0.15) is 11.1 Å². The molecule has 6 nitrogen and oxygen atoms in total. The van der Waals surface area contributed by atoms with Crippen molar-refractivity contribution in [3.63, 3.8) is 0 Å². The molecule has 0 saturated carbocycles. The number of hydrogen-bond donors (Lipinski definition) is 1. The van der Waals surface area contributed by atoms with Crippen molar-refractivity contribution in [2.45, 2.75) is 0 Å². The van der Waals surface area contributed by atoms with Gasteiger partial charge in [0.15, 0.2) is 5.82 Å². The summed E-state index contributed by atoms with van der Waals surface area (Å²) in [6.45, 7) is 0. The smallest absolute Gasteiger partial charge is 0.180 e. The Morgan fingerprint density at radius 3 is 2.41 bits per heavy atom. The van der Waals surface area contributed by atoms with E-state index in [2.05, 4.69) is 15.0 Å². The molecule has 0 saturated heterocycles. The molecule has 0 unspecified atom stereocenters. The van der Waals surface area contributed by atoms with Crippen molar-refractivity contribution in [1.29, 1.82) is 10.5 Å². The fraction of sp³-hybridized carbons (Fsp3) is 0. The summed E-state index contributed by atoms with van der Waals surface area (Å²) in [5.41, 5.74) is 6.75. The van der Waals surface area contributed by atoms with Gasteiger partial charge in [-0.1, -0.05) is 0 Å². The van der Waals surface area contributed by atoms with E-state index in [1.807, 2.05) is 12.1 Å². The molecule has 0 radical (unpaired) electrons. The van der Waals surface area contributed by atoms with E-state index in [-0.39, 0.29) is 11.4 Å². The maximum atomic E-state index is 8.69. The van der Waals surface area contributed by atoms with Crippen molar-refractivity contribution < 1.29 is 0 Å². The lowest BCUT2D eigenvalue weighted by Crippen LogP contribution is -1.99. The Hall–Kier alpha value is -2.99. The summed E-state index contributed by atoms with van der Waals surface area (Å²) in [6, 6.07) is 7.08. The zero-order valence-electron chi connectivity index (χ0n) is 8.62. The second-order valence-electron chi connectivity index (χ2n) is 3.15. The molecule has 2 aromatic rings. The lowest BCUT2D eigenvalue weighted by molar-refractivity contribution is 1.13. The molecule has 17 heavy (non-hydrogen) atoms. The van der Waals surface area contributed by atoms with E-state index in [0.717, 1.165) is 0 Å². The molecule has 0 aromatic carbocycles. The van der Waals surface area contributed by atoms with Crippen LogP contribution in [0.2, 0.25) is 0 Å². The third-order valence-corrected chi connectivity index (χ3v) is 2.06. The molecule has 6 heteroatoms. The van der Waals surface area contributed by atoms with Gasteiger partial charge in [0.1, 0.15) is 29.2 Å². The van der Waals surface area contributed by atoms with Gasteiger partial charge in [-0.05, 0) is 12.1 Å². The van der Waals surface area contributed by atoms with E-state index in [1.54, 1.807) is 12.1 Å². The van der Waals surface area contributed by atoms with Gasteiger partial charge < -0.3 is 5.73 Å². The maximum absolute atomic E-state index is 8.69. The molecular weight excluding hydrogens is 216 g/mol. The van der Waals surface area contributed by atoms with E-state index in [0.29, 0.717) is 17.1 Å². The van der Waals surface area contributed by atoms with Crippen molar-refractivity contribution in [3.05, 3.63) is 35.7 Å². The van der Waals surface area contributed by atoms with Gasteiger partial charge in [-0.3, -0.25) is 4.98 Å². The molecule has 2 rings (SSSR count). The van der Waals surface area contributed by atoms with Crippen LogP contribution in [-0.4, -0.2) is 15.0 Å². The summed E-state index contributed by atoms with van der Waals surface area (Å²) in [6.07, 6.45) is 2.77. The molecule has 0 fully saturated rings. The highest BCUT2D eigenvalue weighted by atomic mass is 15.0. The molecule has 2 aromatic heterocycles. The second kappa shape index (κ2) is 4.25. The molecule has 2 heterocycles. The third-order valence-electron chi connectivity index (χ3n) is 2.06. The fourth-order valence-corrected chi connectivity index (χ4v) is 1.20. The zero-order valence-corrected chi connectivity index (χ0v) is 8.62. The minimum Gasteiger partial charge on any atom is -0.382 e. The van der Waals surface area contributed by atoms with Gasteiger partial charge in [0.2, 0.25) is 0 Å². The molecule has 80 valence electrons. The van der Waals surface area contributed by atoms with Gasteiger partial charge in [0, 0.05) is 6.20 Å². The lowest BCUT2D eigenvalue weighted by atomic mass is 10.2. The molecule has 0 aliphatic heterocycles. The van der Waals surface area contributed by atoms with Crippen LogP contribution in [0.5, 0.6) is 0 Å². The molecule has 0 aliphatic rings. The number of aromatic nitrogens is 3. The van der Waals surface area contributed by atoms with Crippen molar-refractivity contribution in [2.75, 3.05) is 5.73 Å². The Balaban J connectivity index is 2.44. The van der Waals surface area contributed by atoms with E-state index in [4.69, 9.17) is 16.3 Å². The standard InChI is InChI=1S/C11H6N6/c12-3-7-1-2-9(15-5-7)11-16-6-8(4-13)10(14)17-11/h1-2,5-6H,(H2,14,16,17). The van der Waals surface area contributed by atoms with Crippen LogP contribution in [-0.2, 0) is 0 Å². The van der Waals surface area contributed by atoms with Gasteiger partial charge in [-0.15, -0.1) is 0 Å². The number of pyridine rings is 1. The molecule has 0 aliphatic carbocycles. The number of anilines is 1. The normalized spacial score (nSPS) is 9.29. The minimum absolute atomic E-state index is 0.114. The highest BCUT2D eigenvalue weighted by Gasteiger charge is 2.06. The van der Waals surface area contributed by atoms with E-state index in [9.17, 15) is 0 Å². The summed E-state index contributed by atoms with van der Waals surface area (Å²) in [5, 5.41) is 17.3. The zero-order chi connectivity index (χ0) is 12.3. The Bertz CT molecular complexity index is 632. The van der Waals surface area contributed by atoms with Crippen molar-refractivity contribution in [1.82, 2.24) is 15.0 Å². The second-order valence-corrected chi connectivity index (χ2v) is 3.15. The topological polar surface area (TPSA) is 112 Å². The number of nitrogens with zero attached hydrogens (tertiary/aromatic N) is 5. The third kappa shape index (κ3) is 2.01. The number of nitrogens with two attached hydrogens (primary N) is 1. The highest BCUT2D eigenvalue weighted by Crippen LogP contribution is 2.15. The molecule has 0 atom stereocenters. The lowest BCUT2D eigenvalue weighted by Gasteiger charge is -2.01. The van der Waals surface area contributed by atoms with Crippen molar-refractivity contribution >= 4 is 5.82 Å². The average Bonchev–Trinajstić information content (AvgIpc) is 2.39. The van der Waals surface area contributed by atoms with Crippen LogP contribution in [0, 0.1) is 22.7 Å². The number of nitriles is 2. The van der Waals surface area contributed by atoms with Gasteiger partial charge in [-0.2, -0.15) is 10.5 Å². The first-order valence-electron chi connectivity index (χ1n) is 4.63. The molecule has 0 spiro atoms. The predicted molar refractivity (Wildman–Crippen MR) is 59.1 cm³/mol. The van der Waals surface area contributed by atoms with Crippen LogP contribution in [0.4, 0.5) is 5.82 Å². The van der Waals surface area contributed by atoms with Gasteiger partial charge in [-0.25, -0.2) is 9.97 Å². The first-order chi connectivity index (χ1) is 8.24. The summed E-state index contributed by atoms with van der Waals surface area (Å²) >= 11 is 0. The van der Waals surface area contributed by atoms with Crippen LogP contribution in [0.3, 0.4) is 0 Å². The maximum Gasteiger partial charge on any atom is 0.180 e. The van der Waals surface area contributed by atoms with Crippen molar-refractivity contribution in [2.24, 2.45) is 0 Å². The molecule has 0 bridgehead atoms. The van der Waals surface area contributed by atoms with E-state index in [1.165, 1.54) is 12.4 Å². The quantitative estimate of drug-likeness (QED) is 0.765. The van der Waals surface area contributed by atoms with Crippen LogP contribution >= 0.6 is 0 Å². The Labute approximate surface area is 97.0 Å². The molecular formula is C11H6N6. The SMILES string of the molecule is N#Cc1ccc(-c2ncc(C#N)c(N)n2)nc1. The monoisotopic (exact) mass is 222 g/mol. The Morgan fingerprint density at radius 2 is 1.88 bits per heavy atom. The first-order valence-corrected chi connectivity index (χ1v) is 4.63. The van der Waals surface area contributed by atoms with Crippen LogP contribution in [0.25, 0.3) is 11.5 Å². The Kier molecular flexibility index (Phi) is 2.63. The van der Waals surface area contributed by atoms with Gasteiger partial charge >= 0.3 is 0 Å². The van der Waals surface area contributed by atoms with E-state index >= 15 is 0 Å². The number of hydrogen-bond acceptors (Lipinski definition) is 6. The summed E-state index contributed by atoms with van der Waals surface area (Å²) in [4.78, 5) is 12.0. The van der Waals surface area contributed by atoms with Crippen LogP contribution < -0.4 is 5.73 Å². The minimum atomic E-state index is 0.114. The largest absolute Gasteiger partial charge is 0.382 e. The number of rotatable bonds is 1.